The Morgan fingerprint density at radius 3 is 2.12 bits per heavy atom. The van der Waals surface area contributed by atoms with E-state index in [0.29, 0.717) is 5.92 Å². The van der Waals surface area contributed by atoms with Gasteiger partial charge in [-0.05, 0) is 36.6 Å². The third-order valence-electron chi connectivity index (χ3n) is 2.75. The fourth-order valence-electron chi connectivity index (χ4n) is 1.98. The lowest BCUT2D eigenvalue weighted by Gasteiger charge is -2.23. The maximum Gasteiger partial charge on any atom is 0.126 e. The van der Waals surface area contributed by atoms with Crippen LogP contribution >= 0.6 is 0 Å². The van der Waals surface area contributed by atoms with Crippen molar-refractivity contribution in [3.63, 3.8) is 0 Å². The molecule has 3 N–H and O–H groups in total. The summed E-state index contributed by atoms with van der Waals surface area (Å²) in [7, 11) is 0. The van der Waals surface area contributed by atoms with Gasteiger partial charge >= 0.3 is 0 Å². The highest BCUT2D eigenvalue weighted by atomic mass is 19.1. The molecule has 0 aliphatic carbocycles. The van der Waals surface area contributed by atoms with E-state index < -0.39 is 17.7 Å². The van der Waals surface area contributed by atoms with Crippen molar-refractivity contribution in [2.45, 2.75) is 26.4 Å². The van der Waals surface area contributed by atoms with E-state index in [1.54, 1.807) is 0 Å². The maximum atomic E-state index is 13.0. The molecule has 0 aliphatic rings. The molecule has 1 aromatic carbocycles. The largest absolute Gasteiger partial charge is 0.388 e. The molecule has 1 rings (SSSR count). The standard InChI is InChI=1S/C13H19F2NO/c1-8(2)3-10(7-16)13(17)9-4-11(14)6-12(15)5-9/h4-6,8,10,13,17H,3,7,16H2,1-2H3. The minimum Gasteiger partial charge on any atom is -0.388 e. The van der Waals surface area contributed by atoms with Gasteiger partial charge < -0.3 is 10.8 Å². The van der Waals surface area contributed by atoms with Crippen molar-refractivity contribution in [3.05, 3.63) is 35.4 Å². The van der Waals surface area contributed by atoms with Crippen molar-refractivity contribution in [2.24, 2.45) is 17.6 Å². The summed E-state index contributed by atoms with van der Waals surface area (Å²) < 4.78 is 26.1. The van der Waals surface area contributed by atoms with Crippen LogP contribution in [0.3, 0.4) is 0 Å². The van der Waals surface area contributed by atoms with Crippen molar-refractivity contribution in [2.75, 3.05) is 6.54 Å². The second-order valence-corrected chi connectivity index (χ2v) is 4.77. The summed E-state index contributed by atoms with van der Waals surface area (Å²) in [5, 5.41) is 10.1. The Labute approximate surface area is 100 Å². The predicted molar refractivity (Wildman–Crippen MR) is 63.3 cm³/mol. The van der Waals surface area contributed by atoms with Crippen LogP contribution in [0.1, 0.15) is 31.9 Å². The molecular weight excluding hydrogens is 224 g/mol. The van der Waals surface area contributed by atoms with Crippen molar-refractivity contribution in [1.82, 2.24) is 0 Å². The molecule has 2 nitrogen and oxygen atoms in total. The summed E-state index contributed by atoms with van der Waals surface area (Å²) >= 11 is 0. The van der Waals surface area contributed by atoms with Gasteiger partial charge in [0.2, 0.25) is 0 Å². The van der Waals surface area contributed by atoms with Gasteiger partial charge in [-0.15, -0.1) is 0 Å². The van der Waals surface area contributed by atoms with Gasteiger partial charge in [0.05, 0.1) is 6.10 Å². The van der Waals surface area contributed by atoms with E-state index in [1.807, 2.05) is 13.8 Å². The topological polar surface area (TPSA) is 46.2 Å². The quantitative estimate of drug-likeness (QED) is 0.835. The molecular formula is C13H19F2NO. The second kappa shape index (κ2) is 6.07. The van der Waals surface area contributed by atoms with E-state index in [2.05, 4.69) is 0 Å². The summed E-state index contributed by atoms with van der Waals surface area (Å²) in [5.41, 5.74) is 5.84. The SMILES string of the molecule is CC(C)CC(CN)C(O)c1cc(F)cc(F)c1. The molecule has 0 saturated carbocycles. The molecule has 0 fully saturated rings. The fraction of sp³-hybridized carbons (Fsp3) is 0.538. The predicted octanol–water partition coefficient (Wildman–Crippen LogP) is 2.62. The average molecular weight is 243 g/mol. The van der Waals surface area contributed by atoms with Crippen LogP contribution in [0.15, 0.2) is 18.2 Å². The second-order valence-electron chi connectivity index (χ2n) is 4.77. The number of halogens is 2. The minimum absolute atomic E-state index is 0.184. The summed E-state index contributed by atoms with van der Waals surface area (Å²) in [6.45, 7) is 4.32. The first-order chi connectivity index (χ1) is 7.93. The van der Waals surface area contributed by atoms with E-state index in [9.17, 15) is 13.9 Å². The number of nitrogens with two attached hydrogens (primary N) is 1. The van der Waals surface area contributed by atoms with Crippen LogP contribution < -0.4 is 5.73 Å². The summed E-state index contributed by atoms with van der Waals surface area (Å²) in [5.74, 6) is -1.17. The third-order valence-corrected chi connectivity index (χ3v) is 2.75. The third kappa shape index (κ3) is 4.06. The van der Waals surface area contributed by atoms with Crippen LogP contribution in [-0.4, -0.2) is 11.7 Å². The Hall–Kier alpha value is -1.00. The summed E-state index contributed by atoms with van der Waals surface area (Å²) in [6, 6.07) is 3.09. The number of hydrogen-bond donors (Lipinski definition) is 2. The van der Waals surface area contributed by atoms with E-state index in [0.717, 1.165) is 24.6 Å². The number of aliphatic hydroxyl groups excluding tert-OH is 1. The molecule has 0 spiro atoms. The lowest BCUT2D eigenvalue weighted by molar-refractivity contribution is 0.0988. The zero-order chi connectivity index (χ0) is 13.0. The summed E-state index contributed by atoms with van der Waals surface area (Å²) in [4.78, 5) is 0. The number of rotatable bonds is 5. The van der Waals surface area contributed by atoms with Crippen LogP contribution in [0.2, 0.25) is 0 Å². The molecule has 1 aromatic rings. The molecule has 0 amide bonds. The van der Waals surface area contributed by atoms with Crippen molar-refractivity contribution >= 4 is 0 Å². The number of aliphatic hydroxyl groups is 1. The average Bonchev–Trinajstić information content (AvgIpc) is 2.23. The van der Waals surface area contributed by atoms with Gasteiger partial charge in [-0.1, -0.05) is 13.8 Å². The lowest BCUT2D eigenvalue weighted by Crippen LogP contribution is -2.23. The Kier molecular flexibility index (Phi) is 5.02. The Morgan fingerprint density at radius 2 is 1.71 bits per heavy atom. The Morgan fingerprint density at radius 1 is 1.18 bits per heavy atom. The fourth-order valence-corrected chi connectivity index (χ4v) is 1.98. The molecule has 0 radical (unpaired) electrons. The van der Waals surface area contributed by atoms with Gasteiger partial charge in [0, 0.05) is 12.0 Å². The number of hydrogen-bond acceptors (Lipinski definition) is 2. The molecule has 17 heavy (non-hydrogen) atoms. The van der Waals surface area contributed by atoms with Gasteiger partial charge in [0.1, 0.15) is 11.6 Å². The van der Waals surface area contributed by atoms with Crippen LogP contribution in [-0.2, 0) is 0 Å². The van der Waals surface area contributed by atoms with Gasteiger partial charge in [-0.3, -0.25) is 0 Å². The molecule has 0 aromatic heterocycles. The molecule has 0 heterocycles. The highest BCUT2D eigenvalue weighted by molar-refractivity contribution is 5.20. The molecule has 2 atom stereocenters. The Bertz CT molecular complexity index is 348. The van der Waals surface area contributed by atoms with Gasteiger partial charge in [0.15, 0.2) is 0 Å². The highest BCUT2D eigenvalue weighted by Gasteiger charge is 2.21. The molecule has 96 valence electrons. The first-order valence-electron chi connectivity index (χ1n) is 5.78. The smallest absolute Gasteiger partial charge is 0.126 e. The zero-order valence-electron chi connectivity index (χ0n) is 10.2. The first kappa shape index (κ1) is 14.1. The van der Waals surface area contributed by atoms with Crippen LogP contribution in [0.4, 0.5) is 8.78 Å². The first-order valence-corrected chi connectivity index (χ1v) is 5.78. The maximum absolute atomic E-state index is 13.0. The van der Waals surface area contributed by atoms with E-state index >= 15 is 0 Å². The van der Waals surface area contributed by atoms with Gasteiger partial charge in [-0.25, -0.2) is 8.78 Å². The minimum atomic E-state index is -0.924. The molecule has 0 bridgehead atoms. The van der Waals surface area contributed by atoms with Gasteiger partial charge in [-0.2, -0.15) is 0 Å². The highest BCUT2D eigenvalue weighted by Crippen LogP contribution is 2.27. The zero-order valence-corrected chi connectivity index (χ0v) is 10.2. The molecule has 2 unspecified atom stereocenters. The van der Waals surface area contributed by atoms with Crippen LogP contribution in [0, 0.1) is 23.5 Å². The monoisotopic (exact) mass is 243 g/mol. The van der Waals surface area contributed by atoms with Crippen molar-refractivity contribution in [3.8, 4) is 0 Å². The van der Waals surface area contributed by atoms with Crippen LogP contribution in [0.25, 0.3) is 0 Å². The normalized spacial score (nSPS) is 15.0. The summed E-state index contributed by atoms with van der Waals surface area (Å²) in [6.07, 6.45) is -0.205. The van der Waals surface area contributed by atoms with Crippen molar-refractivity contribution < 1.29 is 13.9 Å². The van der Waals surface area contributed by atoms with E-state index in [-0.39, 0.29) is 18.0 Å². The van der Waals surface area contributed by atoms with E-state index in [4.69, 9.17) is 5.73 Å². The number of benzene rings is 1. The van der Waals surface area contributed by atoms with Gasteiger partial charge in [0.25, 0.3) is 0 Å². The van der Waals surface area contributed by atoms with E-state index in [1.165, 1.54) is 0 Å². The lowest BCUT2D eigenvalue weighted by atomic mass is 9.88. The van der Waals surface area contributed by atoms with Crippen molar-refractivity contribution in [1.29, 1.82) is 0 Å². The molecule has 0 aliphatic heterocycles. The Balaban J connectivity index is 2.89. The molecule has 0 saturated heterocycles. The molecule has 4 heteroatoms. The van der Waals surface area contributed by atoms with Crippen LogP contribution in [0.5, 0.6) is 0 Å².